The van der Waals surface area contributed by atoms with Crippen molar-refractivity contribution in [2.24, 2.45) is 4.99 Å². The van der Waals surface area contributed by atoms with E-state index in [9.17, 15) is 0 Å². The van der Waals surface area contributed by atoms with Gasteiger partial charge in [-0.15, -0.1) is 0 Å². The van der Waals surface area contributed by atoms with Gasteiger partial charge in [0.1, 0.15) is 0 Å². The van der Waals surface area contributed by atoms with E-state index in [1.807, 2.05) is 6.07 Å². The number of hydrogen-bond acceptors (Lipinski definition) is 3. The molecular formula is C19H26N4O. The van der Waals surface area contributed by atoms with Crippen LogP contribution in [0.1, 0.15) is 16.7 Å². The van der Waals surface area contributed by atoms with Crippen molar-refractivity contribution >= 4 is 5.96 Å². The van der Waals surface area contributed by atoms with Gasteiger partial charge in [0, 0.05) is 31.2 Å². The summed E-state index contributed by atoms with van der Waals surface area (Å²) in [6.07, 6.45) is 5.54. The summed E-state index contributed by atoms with van der Waals surface area (Å²) in [5.41, 5.74) is 4.09. The third kappa shape index (κ3) is 3.46. The minimum Gasteiger partial charge on any atom is -0.472 e. The van der Waals surface area contributed by atoms with E-state index in [0.717, 1.165) is 30.9 Å². The van der Waals surface area contributed by atoms with Gasteiger partial charge in [-0.05, 0) is 44.1 Å². The summed E-state index contributed by atoms with van der Waals surface area (Å²) in [6, 6.07) is 10.7. The molecule has 0 aliphatic heterocycles. The molecule has 1 aromatic carbocycles. The van der Waals surface area contributed by atoms with Crippen molar-refractivity contribution in [3.05, 3.63) is 59.5 Å². The molecule has 5 nitrogen and oxygen atoms in total. The second-order valence-corrected chi connectivity index (χ2v) is 6.65. The van der Waals surface area contributed by atoms with Crippen LogP contribution in [0, 0.1) is 0 Å². The largest absolute Gasteiger partial charge is 0.472 e. The number of hydrogen-bond donors (Lipinski definition) is 2. The number of furan rings is 1. The zero-order valence-electron chi connectivity index (χ0n) is 14.7. The van der Waals surface area contributed by atoms with Gasteiger partial charge in [0.25, 0.3) is 0 Å². The summed E-state index contributed by atoms with van der Waals surface area (Å²) in [4.78, 5) is 6.67. The van der Waals surface area contributed by atoms with Gasteiger partial charge in [-0.3, -0.25) is 4.99 Å². The molecule has 0 spiro atoms. The number of guanidine groups is 1. The van der Waals surface area contributed by atoms with Gasteiger partial charge in [-0.2, -0.15) is 0 Å². The number of likely N-dealkylation sites (N-methyl/N-ethyl adjacent to an activating group) is 1. The first-order chi connectivity index (χ1) is 11.6. The Kier molecular flexibility index (Phi) is 4.90. The van der Waals surface area contributed by atoms with Gasteiger partial charge >= 0.3 is 0 Å². The van der Waals surface area contributed by atoms with Gasteiger partial charge < -0.3 is 20.0 Å². The Morgan fingerprint density at radius 1 is 1.17 bits per heavy atom. The van der Waals surface area contributed by atoms with Crippen LogP contribution in [0.15, 0.2) is 52.3 Å². The third-order valence-corrected chi connectivity index (χ3v) is 4.95. The highest BCUT2D eigenvalue weighted by atomic mass is 16.3. The minimum atomic E-state index is 0.0803. The summed E-state index contributed by atoms with van der Waals surface area (Å²) in [5.74, 6) is 0.813. The molecular weight excluding hydrogens is 300 g/mol. The molecule has 3 rings (SSSR count). The highest BCUT2D eigenvalue weighted by molar-refractivity contribution is 5.79. The van der Waals surface area contributed by atoms with Crippen LogP contribution in [-0.4, -0.2) is 44.1 Å². The number of nitrogens with zero attached hydrogens (tertiary/aromatic N) is 2. The maximum atomic E-state index is 5.10. The van der Waals surface area contributed by atoms with Crippen molar-refractivity contribution in [3.63, 3.8) is 0 Å². The zero-order chi connectivity index (χ0) is 17.0. The molecule has 0 atom stereocenters. The van der Waals surface area contributed by atoms with Crippen molar-refractivity contribution in [1.82, 2.24) is 15.5 Å². The van der Waals surface area contributed by atoms with E-state index in [0.29, 0.717) is 6.54 Å². The van der Waals surface area contributed by atoms with E-state index in [4.69, 9.17) is 4.42 Å². The lowest BCUT2D eigenvalue weighted by Gasteiger charge is -2.37. The van der Waals surface area contributed by atoms with E-state index < -0.39 is 0 Å². The summed E-state index contributed by atoms with van der Waals surface area (Å²) in [7, 11) is 6.13. The summed E-state index contributed by atoms with van der Waals surface area (Å²) < 4.78 is 5.10. The van der Waals surface area contributed by atoms with Crippen LogP contribution in [0.4, 0.5) is 0 Å². The zero-order valence-corrected chi connectivity index (χ0v) is 14.7. The lowest BCUT2D eigenvalue weighted by molar-refractivity contribution is 0.165. The highest BCUT2D eigenvalue weighted by Gasteiger charge is 2.39. The molecule has 2 aromatic rings. The minimum absolute atomic E-state index is 0.0803. The van der Waals surface area contributed by atoms with Gasteiger partial charge in [0.15, 0.2) is 5.96 Å². The van der Waals surface area contributed by atoms with E-state index >= 15 is 0 Å². The van der Waals surface area contributed by atoms with Crippen molar-refractivity contribution < 1.29 is 4.42 Å². The maximum absolute atomic E-state index is 5.10. The molecule has 2 N–H and O–H groups in total. The molecule has 0 saturated heterocycles. The molecule has 0 bridgehead atoms. The maximum Gasteiger partial charge on any atom is 0.191 e. The van der Waals surface area contributed by atoms with Crippen LogP contribution in [0.25, 0.3) is 0 Å². The Hall–Kier alpha value is -2.27. The van der Waals surface area contributed by atoms with Crippen LogP contribution in [0.5, 0.6) is 0 Å². The van der Waals surface area contributed by atoms with Crippen LogP contribution in [0.2, 0.25) is 0 Å². The third-order valence-electron chi connectivity index (χ3n) is 4.95. The Morgan fingerprint density at radius 3 is 2.42 bits per heavy atom. The molecule has 0 fully saturated rings. The fourth-order valence-electron chi connectivity index (χ4n) is 3.32. The van der Waals surface area contributed by atoms with Crippen LogP contribution in [-0.2, 0) is 19.4 Å². The molecule has 1 aromatic heterocycles. The predicted molar refractivity (Wildman–Crippen MR) is 97.2 cm³/mol. The first kappa shape index (κ1) is 16.6. The lowest BCUT2D eigenvalue weighted by Crippen LogP contribution is -2.55. The molecule has 1 aliphatic carbocycles. The van der Waals surface area contributed by atoms with Crippen LogP contribution >= 0.6 is 0 Å². The monoisotopic (exact) mass is 326 g/mol. The normalized spacial score (nSPS) is 16.2. The predicted octanol–water partition coefficient (Wildman–Crippen LogP) is 2.04. The summed E-state index contributed by atoms with van der Waals surface area (Å²) in [5, 5.41) is 6.83. The quantitative estimate of drug-likeness (QED) is 0.652. The number of fused-ring (bicyclic) bond motifs is 1. The van der Waals surface area contributed by atoms with E-state index in [2.05, 4.69) is 58.9 Å². The lowest BCUT2D eigenvalue weighted by atomic mass is 9.94. The van der Waals surface area contributed by atoms with Gasteiger partial charge in [0.05, 0.1) is 12.5 Å². The SMILES string of the molecule is CN=C(NCc1ccoc1)NCC1(N(C)C)Cc2ccccc2C1. The number of nitrogens with one attached hydrogen (secondary N) is 2. The molecule has 128 valence electrons. The average Bonchev–Trinajstić information content (AvgIpc) is 3.22. The molecule has 0 unspecified atom stereocenters. The summed E-state index contributed by atoms with van der Waals surface area (Å²) >= 11 is 0. The van der Waals surface area contributed by atoms with E-state index in [-0.39, 0.29) is 5.54 Å². The molecule has 0 amide bonds. The van der Waals surface area contributed by atoms with Crippen LogP contribution in [0.3, 0.4) is 0 Å². The van der Waals surface area contributed by atoms with Gasteiger partial charge in [-0.25, -0.2) is 0 Å². The second-order valence-electron chi connectivity index (χ2n) is 6.65. The molecule has 1 heterocycles. The smallest absolute Gasteiger partial charge is 0.191 e. The van der Waals surface area contributed by atoms with Crippen molar-refractivity contribution in [2.75, 3.05) is 27.7 Å². The fraction of sp³-hybridized carbons (Fsp3) is 0.421. The average molecular weight is 326 g/mol. The molecule has 1 aliphatic rings. The fourth-order valence-corrected chi connectivity index (χ4v) is 3.32. The Labute approximate surface area is 143 Å². The number of aliphatic imine (C=N–C) groups is 1. The van der Waals surface area contributed by atoms with Crippen molar-refractivity contribution in [3.8, 4) is 0 Å². The molecule has 0 radical (unpaired) electrons. The highest BCUT2D eigenvalue weighted by Crippen LogP contribution is 2.32. The second kappa shape index (κ2) is 7.09. The van der Waals surface area contributed by atoms with Gasteiger partial charge in [-0.1, -0.05) is 24.3 Å². The first-order valence-electron chi connectivity index (χ1n) is 8.33. The molecule has 0 saturated carbocycles. The Bertz CT molecular complexity index is 666. The Morgan fingerprint density at radius 2 is 1.88 bits per heavy atom. The van der Waals surface area contributed by atoms with E-state index in [1.54, 1.807) is 19.6 Å². The van der Waals surface area contributed by atoms with Crippen molar-refractivity contribution in [1.29, 1.82) is 0 Å². The van der Waals surface area contributed by atoms with Crippen molar-refractivity contribution in [2.45, 2.75) is 24.9 Å². The Balaban J connectivity index is 1.62. The van der Waals surface area contributed by atoms with Crippen LogP contribution < -0.4 is 10.6 Å². The number of benzene rings is 1. The van der Waals surface area contributed by atoms with E-state index in [1.165, 1.54) is 11.1 Å². The first-order valence-corrected chi connectivity index (χ1v) is 8.33. The topological polar surface area (TPSA) is 52.8 Å². The van der Waals surface area contributed by atoms with Gasteiger partial charge in [0.2, 0.25) is 0 Å². The standard InChI is InChI=1S/C19H26N4O/c1-20-18(21-12-15-8-9-24-13-15)22-14-19(23(2)3)10-16-6-4-5-7-17(16)11-19/h4-9,13H,10-12,14H2,1-3H3,(H2,20,21,22). The molecule has 5 heteroatoms. The number of rotatable bonds is 5. The summed E-state index contributed by atoms with van der Waals surface area (Å²) in [6.45, 7) is 1.55. The molecule has 24 heavy (non-hydrogen) atoms.